The van der Waals surface area contributed by atoms with Gasteiger partial charge >= 0.3 is 6.03 Å². The number of anilines is 1. The third-order valence-electron chi connectivity index (χ3n) is 7.16. The summed E-state index contributed by atoms with van der Waals surface area (Å²) in [4.78, 5) is 30.1. The SMILES string of the molecule is O=C(NCC1(N2CCOCC2)CCCCC1)[C@@H]1CCCN(C(=O)Nc2ccccc2)C1. The standard InChI is InChI=1S/C24H36N4O3/c29-22(25-19-24(11-5-2-6-12-24)28-14-16-31-17-15-28)20-8-7-13-27(18-20)23(30)26-21-9-3-1-4-10-21/h1,3-4,9-10,20H,2,5-8,11-19H2,(H,25,29)(H,26,30)/t20-/m1/s1. The molecule has 4 rings (SSSR count). The van der Waals surface area contributed by atoms with Crippen molar-refractivity contribution in [2.24, 2.45) is 5.92 Å². The maximum atomic E-state index is 13.1. The minimum atomic E-state index is -0.138. The molecule has 2 saturated heterocycles. The Kier molecular flexibility index (Phi) is 7.45. The molecule has 2 aliphatic heterocycles. The molecule has 0 aromatic heterocycles. The fourth-order valence-corrected chi connectivity index (χ4v) is 5.35. The van der Waals surface area contributed by atoms with Gasteiger partial charge in [-0.3, -0.25) is 9.69 Å². The van der Waals surface area contributed by atoms with Crippen molar-refractivity contribution in [1.82, 2.24) is 15.1 Å². The first kappa shape index (κ1) is 22.1. The van der Waals surface area contributed by atoms with Crippen LogP contribution in [0.15, 0.2) is 30.3 Å². The molecule has 3 aliphatic rings. The number of hydrogen-bond donors (Lipinski definition) is 2. The van der Waals surface area contributed by atoms with E-state index in [4.69, 9.17) is 4.74 Å². The Balaban J connectivity index is 1.32. The summed E-state index contributed by atoms with van der Waals surface area (Å²) >= 11 is 0. The summed E-state index contributed by atoms with van der Waals surface area (Å²) in [5.74, 6) is -0.0453. The summed E-state index contributed by atoms with van der Waals surface area (Å²) in [6.45, 7) is 5.35. The molecule has 0 bridgehead atoms. The van der Waals surface area contributed by atoms with Gasteiger partial charge in [-0.2, -0.15) is 0 Å². The number of benzene rings is 1. The highest BCUT2D eigenvalue weighted by Crippen LogP contribution is 2.34. The highest BCUT2D eigenvalue weighted by Gasteiger charge is 2.39. The molecule has 1 aromatic rings. The Morgan fingerprint density at radius 2 is 1.74 bits per heavy atom. The average Bonchev–Trinajstić information content (AvgIpc) is 2.84. The number of carbonyl (C=O) groups excluding carboxylic acids is 2. The number of nitrogens with one attached hydrogen (secondary N) is 2. The van der Waals surface area contributed by atoms with Crippen molar-refractivity contribution in [2.45, 2.75) is 50.5 Å². The molecule has 31 heavy (non-hydrogen) atoms. The van der Waals surface area contributed by atoms with E-state index in [2.05, 4.69) is 15.5 Å². The van der Waals surface area contributed by atoms with Gasteiger partial charge in [0.25, 0.3) is 0 Å². The van der Waals surface area contributed by atoms with Gasteiger partial charge in [0.2, 0.25) is 5.91 Å². The first-order valence-corrected chi connectivity index (χ1v) is 11.9. The second kappa shape index (κ2) is 10.5. The molecule has 2 heterocycles. The zero-order valence-corrected chi connectivity index (χ0v) is 18.5. The van der Waals surface area contributed by atoms with E-state index in [1.54, 1.807) is 4.90 Å². The second-order valence-corrected chi connectivity index (χ2v) is 9.18. The Bertz CT molecular complexity index is 730. The molecule has 1 aliphatic carbocycles. The Hall–Kier alpha value is -2.12. The van der Waals surface area contributed by atoms with Gasteiger partial charge in [0.05, 0.1) is 19.1 Å². The first-order chi connectivity index (χ1) is 15.2. The van der Waals surface area contributed by atoms with E-state index in [1.807, 2.05) is 30.3 Å². The van der Waals surface area contributed by atoms with Crippen molar-refractivity contribution in [3.05, 3.63) is 30.3 Å². The Morgan fingerprint density at radius 1 is 1.00 bits per heavy atom. The van der Waals surface area contributed by atoms with Crippen molar-refractivity contribution in [3.8, 4) is 0 Å². The van der Waals surface area contributed by atoms with E-state index < -0.39 is 0 Å². The summed E-state index contributed by atoms with van der Waals surface area (Å²) in [6.07, 6.45) is 7.72. The van der Waals surface area contributed by atoms with E-state index in [0.29, 0.717) is 19.6 Å². The fraction of sp³-hybridized carbons (Fsp3) is 0.667. The molecule has 1 atom stereocenters. The number of piperidine rings is 1. The van der Waals surface area contributed by atoms with E-state index in [1.165, 1.54) is 19.3 Å². The van der Waals surface area contributed by atoms with E-state index in [0.717, 1.165) is 57.7 Å². The van der Waals surface area contributed by atoms with E-state index >= 15 is 0 Å². The molecule has 0 unspecified atom stereocenters. The van der Waals surface area contributed by atoms with Crippen LogP contribution in [0.4, 0.5) is 10.5 Å². The highest BCUT2D eigenvalue weighted by atomic mass is 16.5. The number of nitrogens with zero attached hydrogens (tertiary/aromatic N) is 2. The molecule has 3 amide bonds. The third-order valence-corrected chi connectivity index (χ3v) is 7.16. The largest absolute Gasteiger partial charge is 0.379 e. The fourth-order valence-electron chi connectivity index (χ4n) is 5.35. The third kappa shape index (κ3) is 5.57. The van der Waals surface area contributed by atoms with Gasteiger partial charge in [-0.1, -0.05) is 37.5 Å². The lowest BCUT2D eigenvalue weighted by atomic mass is 9.79. The van der Waals surface area contributed by atoms with Gasteiger partial charge in [-0.15, -0.1) is 0 Å². The summed E-state index contributed by atoms with van der Waals surface area (Å²) in [6, 6.07) is 9.35. The van der Waals surface area contributed by atoms with Gasteiger partial charge in [0.15, 0.2) is 0 Å². The van der Waals surface area contributed by atoms with Crippen molar-refractivity contribution >= 4 is 17.6 Å². The van der Waals surface area contributed by atoms with Gasteiger partial charge in [0.1, 0.15) is 0 Å². The predicted octanol–water partition coefficient (Wildman–Crippen LogP) is 3.08. The van der Waals surface area contributed by atoms with E-state index in [9.17, 15) is 9.59 Å². The molecule has 1 aromatic carbocycles. The summed E-state index contributed by atoms with van der Waals surface area (Å²) in [5.41, 5.74) is 0.848. The number of urea groups is 1. The maximum absolute atomic E-state index is 13.1. The van der Waals surface area contributed by atoms with Crippen molar-refractivity contribution in [2.75, 3.05) is 51.3 Å². The lowest BCUT2D eigenvalue weighted by Gasteiger charge is -2.48. The molecule has 1 saturated carbocycles. The highest BCUT2D eigenvalue weighted by molar-refractivity contribution is 5.90. The molecule has 170 valence electrons. The molecule has 7 heteroatoms. The minimum Gasteiger partial charge on any atom is -0.379 e. The van der Waals surface area contributed by atoms with Gasteiger partial charge in [-0.05, 0) is 37.8 Å². The first-order valence-electron chi connectivity index (χ1n) is 11.9. The number of rotatable bonds is 5. The van der Waals surface area contributed by atoms with Crippen LogP contribution in [0.25, 0.3) is 0 Å². The van der Waals surface area contributed by atoms with Crippen LogP contribution in [-0.4, -0.2) is 73.2 Å². The molecular weight excluding hydrogens is 392 g/mol. The van der Waals surface area contributed by atoms with Crippen LogP contribution in [0.1, 0.15) is 44.9 Å². The molecule has 0 radical (unpaired) electrons. The molecule has 7 nitrogen and oxygen atoms in total. The monoisotopic (exact) mass is 428 g/mol. The van der Waals surface area contributed by atoms with Gasteiger partial charge < -0.3 is 20.3 Å². The van der Waals surface area contributed by atoms with Crippen LogP contribution in [-0.2, 0) is 9.53 Å². The minimum absolute atomic E-state index is 0.0662. The van der Waals surface area contributed by atoms with Crippen molar-refractivity contribution < 1.29 is 14.3 Å². The van der Waals surface area contributed by atoms with Crippen molar-refractivity contribution in [3.63, 3.8) is 0 Å². The van der Waals surface area contributed by atoms with Gasteiger partial charge in [0, 0.05) is 44.0 Å². The van der Waals surface area contributed by atoms with Crippen LogP contribution in [0.2, 0.25) is 0 Å². The van der Waals surface area contributed by atoms with Crippen LogP contribution in [0.5, 0.6) is 0 Å². The number of likely N-dealkylation sites (tertiary alicyclic amines) is 1. The number of ether oxygens (including phenoxy) is 1. The van der Waals surface area contributed by atoms with Crippen LogP contribution in [0, 0.1) is 5.92 Å². The number of amides is 3. The Labute approximate surface area is 185 Å². The van der Waals surface area contributed by atoms with Gasteiger partial charge in [-0.25, -0.2) is 4.79 Å². The normalized spacial score (nSPS) is 24.4. The quantitative estimate of drug-likeness (QED) is 0.756. The molecular formula is C24H36N4O3. The number of hydrogen-bond acceptors (Lipinski definition) is 4. The van der Waals surface area contributed by atoms with Crippen LogP contribution in [0.3, 0.4) is 0 Å². The van der Waals surface area contributed by atoms with Crippen LogP contribution < -0.4 is 10.6 Å². The number of morpholine rings is 1. The topological polar surface area (TPSA) is 73.9 Å². The zero-order chi connectivity index (χ0) is 21.5. The summed E-state index contributed by atoms with van der Waals surface area (Å²) in [5, 5.41) is 6.23. The molecule has 2 N–H and O–H groups in total. The molecule has 3 fully saturated rings. The lowest BCUT2D eigenvalue weighted by Crippen LogP contribution is -2.60. The summed E-state index contributed by atoms with van der Waals surface area (Å²) < 4.78 is 5.56. The smallest absolute Gasteiger partial charge is 0.321 e. The maximum Gasteiger partial charge on any atom is 0.321 e. The number of carbonyl (C=O) groups is 2. The predicted molar refractivity (Wildman–Crippen MR) is 121 cm³/mol. The zero-order valence-electron chi connectivity index (χ0n) is 18.5. The number of para-hydroxylation sites is 1. The average molecular weight is 429 g/mol. The Morgan fingerprint density at radius 3 is 2.48 bits per heavy atom. The van der Waals surface area contributed by atoms with Crippen LogP contribution >= 0.6 is 0 Å². The second-order valence-electron chi connectivity index (χ2n) is 9.18. The van der Waals surface area contributed by atoms with E-state index in [-0.39, 0.29) is 23.4 Å². The summed E-state index contributed by atoms with van der Waals surface area (Å²) in [7, 11) is 0. The lowest BCUT2D eigenvalue weighted by molar-refractivity contribution is -0.127. The van der Waals surface area contributed by atoms with Crippen molar-refractivity contribution in [1.29, 1.82) is 0 Å². The molecule has 0 spiro atoms.